The van der Waals surface area contributed by atoms with Gasteiger partial charge in [0.25, 0.3) is 0 Å². The van der Waals surface area contributed by atoms with Crippen LogP contribution in [0.4, 0.5) is 0 Å². The van der Waals surface area contributed by atoms with E-state index in [2.05, 4.69) is 15.5 Å². The number of carbonyl (C=O) groups excluding carboxylic acids is 1. The Morgan fingerprint density at radius 2 is 2.17 bits per heavy atom. The Labute approximate surface area is 135 Å². The molecule has 1 atom stereocenters. The zero-order valence-electron chi connectivity index (χ0n) is 13.0. The van der Waals surface area contributed by atoms with Crippen LogP contribution in [-0.4, -0.2) is 35.8 Å². The highest BCUT2D eigenvalue weighted by Crippen LogP contribution is 2.15. The van der Waals surface area contributed by atoms with E-state index in [0.717, 1.165) is 25.2 Å². The van der Waals surface area contributed by atoms with E-state index in [-0.39, 0.29) is 5.91 Å². The van der Waals surface area contributed by atoms with Crippen molar-refractivity contribution in [2.24, 2.45) is 5.92 Å². The molecule has 122 valence electrons. The predicted molar refractivity (Wildman–Crippen MR) is 84.6 cm³/mol. The number of amides is 1. The van der Waals surface area contributed by atoms with E-state index < -0.39 is 0 Å². The van der Waals surface area contributed by atoms with Gasteiger partial charge in [-0.3, -0.25) is 4.79 Å². The minimum atomic E-state index is 0.0692. The lowest BCUT2D eigenvalue weighted by atomic mass is 10.1. The third kappa shape index (κ3) is 4.63. The fourth-order valence-electron chi connectivity index (χ4n) is 2.55. The Morgan fingerprint density at radius 3 is 2.96 bits per heavy atom. The average molecular weight is 315 g/mol. The summed E-state index contributed by atoms with van der Waals surface area (Å²) in [6.45, 7) is 2.27. The molecule has 0 aliphatic carbocycles. The second-order valence-electron chi connectivity index (χ2n) is 5.76. The van der Waals surface area contributed by atoms with Crippen LogP contribution < -0.4 is 5.32 Å². The lowest BCUT2D eigenvalue weighted by Crippen LogP contribution is -2.29. The summed E-state index contributed by atoms with van der Waals surface area (Å²) < 4.78 is 10.5. The molecule has 2 aromatic rings. The van der Waals surface area contributed by atoms with Crippen molar-refractivity contribution < 1.29 is 14.1 Å². The molecule has 0 bridgehead atoms. The summed E-state index contributed by atoms with van der Waals surface area (Å²) in [5, 5.41) is 6.93. The molecule has 1 aromatic carbocycles. The largest absolute Gasteiger partial charge is 0.381 e. The summed E-state index contributed by atoms with van der Waals surface area (Å²) in [5.41, 5.74) is 0.930. The van der Waals surface area contributed by atoms with Gasteiger partial charge in [-0.2, -0.15) is 4.98 Å². The Bertz CT molecular complexity index is 621. The number of aromatic nitrogens is 2. The van der Waals surface area contributed by atoms with Crippen LogP contribution in [-0.2, 0) is 16.0 Å². The van der Waals surface area contributed by atoms with Gasteiger partial charge in [0.05, 0.1) is 6.61 Å². The van der Waals surface area contributed by atoms with E-state index in [4.69, 9.17) is 9.26 Å². The molecule has 6 heteroatoms. The molecule has 0 unspecified atom stereocenters. The molecule has 6 nitrogen and oxygen atoms in total. The van der Waals surface area contributed by atoms with Gasteiger partial charge in [-0.1, -0.05) is 35.5 Å². The molecule has 0 spiro atoms. The van der Waals surface area contributed by atoms with Crippen LogP contribution in [0.15, 0.2) is 34.9 Å². The summed E-state index contributed by atoms with van der Waals surface area (Å²) in [7, 11) is 0. The molecule has 0 saturated carbocycles. The van der Waals surface area contributed by atoms with Crippen molar-refractivity contribution in [2.75, 3.05) is 19.8 Å². The van der Waals surface area contributed by atoms with E-state index in [9.17, 15) is 4.79 Å². The minimum Gasteiger partial charge on any atom is -0.381 e. The van der Waals surface area contributed by atoms with E-state index >= 15 is 0 Å². The van der Waals surface area contributed by atoms with E-state index in [0.29, 0.717) is 43.4 Å². The number of aryl methyl sites for hydroxylation is 1. The summed E-state index contributed by atoms with van der Waals surface area (Å²) in [5.74, 6) is 1.69. The highest BCUT2D eigenvalue weighted by atomic mass is 16.5. The van der Waals surface area contributed by atoms with Crippen LogP contribution in [0.1, 0.15) is 25.2 Å². The van der Waals surface area contributed by atoms with Gasteiger partial charge in [-0.15, -0.1) is 0 Å². The number of hydrogen-bond donors (Lipinski definition) is 1. The fourth-order valence-corrected chi connectivity index (χ4v) is 2.55. The number of nitrogens with zero attached hydrogens (tertiary/aromatic N) is 2. The number of nitrogens with one attached hydrogen (secondary N) is 1. The first kappa shape index (κ1) is 15.7. The van der Waals surface area contributed by atoms with Gasteiger partial charge in [0.15, 0.2) is 0 Å². The van der Waals surface area contributed by atoms with E-state index in [1.54, 1.807) is 0 Å². The minimum absolute atomic E-state index is 0.0692. The van der Waals surface area contributed by atoms with Gasteiger partial charge in [0.2, 0.25) is 17.6 Å². The maximum atomic E-state index is 11.8. The SMILES string of the molecule is O=C(CCCc1nc(-c2ccccc2)no1)NC[C@H]1CCOC1. The van der Waals surface area contributed by atoms with Crippen molar-refractivity contribution >= 4 is 5.91 Å². The van der Waals surface area contributed by atoms with Gasteiger partial charge in [-0.05, 0) is 12.8 Å². The van der Waals surface area contributed by atoms with Crippen molar-refractivity contribution in [3.8, 4) is 11.4 Å². The van der Waals surface area contributed by atoms with Gasteiger partial charge in [0, 0.05) is 37.5 Å². The number of ether oxygens (including phenoxy) is 1. The summed E-state index contributed by atoms with van der Waals surface area (Å²) in [4.78, 5) is 16.2. The molecule has 1 fully saturated rings. The lowest BCUT2D eigenvalue weighted by molar-refractivity contribution is -0.121. The smallest absolute Gasteiger partial charge is 0.226 e. The molecule has 1 amide bonds. The Kier molecular flexibility index (Phi) is 5.37. The molecule has 3 rings (SSSR count). The molecule has 1 N–H and O–H groups in total. The molecule has 1 aliphatic rings. The van der Waals surface area contributed by atoms with Crippen molar-refractivity contribution in [3.05, 3.63) is 36.2 Å². The van der Waals surface area contributed by atoms with Crippen LogP contribution in [0, 0.1) is 5.92 Å². The van der Waals surface area contributed by atoms with Crippen LogP contribution in [0.25, 0.3) is 11.4 Å². The summed E-state index contributed by atoms with van der Waals surface area (Å²) in [6.07, 6.45) is 2.81. The van der Waals surface area contributed by atoms with Crippen molar-refractivity contribution in [3.63, 3.8) is 0 Å². The van der Waals surface area contributed by atoms with Crippen LogP contribution in [0.2, 0.25) is 0 Å². The molecule has 1 aliphatic heterocycles. The first-order valence-corrected chi connectivity index (χ1v) is 8.04. The van der Waals surface area contributed by atoms with Crippen molar-refractivity contribution in [1.29, 1.82) is 0 Å². The first-order valence-electron chi connectivity index (χ1n) is 8.04. The summed E-state index contributed by atoms with van der Waals surface area (Å²) >= 11 is 0. The number of rotatable bonds is 7. The predicted octanol–water partition coefficient (Wildman–Crippen LogP) is 2.21. The second-order valence-corrected chi connectivity index (χ2v) is 5.76. The van der Waals surface area contributed by atoms with Crippen LogP contribution in [0.5, 0.6) is 0 Å². The monoisotopic (exact) mass is 315 g/mol. The number of benzene rings is 1. The molecule has 23 heavy (non-hydrogen) atoms. The molecule has 0 radical (unpaired) electrons. The highest BCUT2D eigenvalue weighted by molar-refractivity contribution is 5.75. The van der Waals surface area contributed by atoms with Crippen LogP contribution >= 0.6 is 0 Å². The first-order chi connectivity index (χ1) is 11.3. The normalized spacial score (nSPS) is 17.3. The topological polar surface area (TPSA) is 77.2 Å². The van der Waals surface area contributed by atoms with Gasteiger partial charge >= 0.3 is 0 Å². The average Bonchev–Trinajstić information content (AvgIpc) is 3.26. The van der Waals surface area contributed by atoms with Crippen LogP contribution in [0.3, 0.4) is 0 Å². The number of carbonyl (C=O) groups is 1. The van der Waals surface area contributed by atoms with E-state index in [1.165, 1.54) is 0 Å². The Morgan fingerprint density at radius 1 is 1.30 bits per heavy atom. The third-order valence-electron chi connectivity index (χ3n) is 3.91. The van der Waals surface area contributed by atoms with Crippen molar-refractivity contribution in [2.45, 2.75) is 25.7 Å². The Hall–Kier alpha value is -2.21. The number of hydrogen-bond acceptors (Lipinski definition) is 5. The second kappa shape index (κ2) is 7.87. The van der Waals surface area contributed by atoms with E-state index in [1.807, 2.05) is 30.3 Å². The summed E-state index contributed by atoms with van der Waals surface area (Å²) in [6, 6.07) is 9.70. The third-order valence-corrected chi connectivity index (χ3v) is 3.91. The maximum Gasteiger partial charge on any atom is 0.226 e. The van der Waals surface area contributed by atoms with Crippen molar-refractivity contribution in [1.82, 2.24) is 15.5 Å². The fraction of sp³-hybridized carbons (Fsp3) is 0.471. The zero-order chi connectivity index (χ0) is 15.9. The zero-order valence-corrected chi connectivity index (χ0v) is 13.0. The van der Waals surface area contributed by atoms with Gasteiger partial charge < -0.3 is 14.6 Å². The lowest BCUT2D eigenvalue weighted by Gasteiger charge is -2.08. The maximum absolute atomic E-state index is 11.8. The standard InChI is InChI=1S/C17H21N3O3/c21-15(18-11-13-9-10-22-12-13)7-4-8-16-19-17(20-23-16)14-5-2-1-3-6-14/h1-3,5-6,13H,4,7-12H2,(H,18,21)/t13-/m1/s1. The van der Waals surface area contributed by atoms with Gasteiger partial charge in [0.1, 0.15) is 0 Å². The Balaban J connectivity index is 1.39. The quantitative estimate of drug-likeness (QED) is 0.847. The van der Waals surface area contributed by atoms with Gasteiger partial charge in [-0.25, -0.2) is 0 Å². The highest BCUT2D eigenvalue weighted by Gasteiger charge is 2.16. The molecule has 1 aromatic heterocycles. The molecular weight excluding hydrogens is 294 g/mol. The molecular formula is C17H21N3O3. The molecule has 2 heterocycles. The molecule has 1 saturated heterocycles.